The molecule has 2 rings (SSSR count). The fourth-order valence-corrected chi connectivity index (χ4v) is 3.26. The highest BCUT2D eigenvalue weighted by Gasteiger charge is 2.16. The van der Waals surface area contributed by atoms with Crippen molar-refractivity contribution >= 4 is 0 Å². The fraction of sp³-hybridized carbons (Fsp3) is 0.667. The number of allylic oxidation sites excluding steroid dienone is 6. The molecular weight excluding hydrogens is 216 g/mol. The summed E-state index contributed by atoms with van der Waals surface area (Å²) < 4.78 is 0. The lowest BCUT2D eigenvalue weighted by atomic mass is 9.81. The predicted molar refractivity (Wildman–Crippen MR) is 80.6 cm³/mol. The third-order valence-electron chi connectivity index (χ3n) is 4.38. The second-order valence-corrected chi connectivity index (χ2v) is 5.84. The molecule has 100 valence electrons. The van der Waals surface area contributed by atoms with E-state index in [1.54, 1.807) is 5.57 Å². The normalized spacial score (nSPS) is 30.6. The van der Waals surface area contributed by atoms with Crippen LogP contribution in [0.1, 0.15) is 70.6 Å². The average Bonchev–Trinajstić information content (AvgIpc) is 2.40. The Morgan fingerprint density at radius 1 is 0.722 bits per heavy atom. The van der Waals surface area contributed by atoms with Gasteiger partial charge in [-0.1, -0.05) is 68.1 Å². The van der Waals surface area contributed by atoms with Crippen LogP contribution in [0.4, 0.5) is 0 Å². The highest BCUT2D eigenvalue weighted by Crippen LogP contribution is 2.32. The van der Waals surface area contributed by atoms with Crippen LogP contribution >= 0.6 is 0 Å². The summed E-state index contributed by atoms with van der Waals surface area (Å²) in [4.78, 5) is 0. The molecule has 0 bridgehead atoms. The third-order valence-corrected chi connectivity index (χ3v) is 4.38. The summed E-state index contributed by atoms with van der Waals surface area (Å²) in [6.07, 6.45) is 26.9. The van der Waals surface area contributed by atoms with Gasteiger partial charge in [-0.25, -0.2) is 0 Å². The van der Waals surface area contributed by atoms with Crippen LogP contribution in [0.3, 0.4) is 0 Å². The first-order valence-corrected chi connectivity index (χ1v) is 7.99. The van der Waals surface area contributed by atoms with Crippen LogP contribution in [0.5, 0.6) is 0 Å². The number of hydrogen-bond donors (Lipinski definition) is 0. The van der Waals surface area contributed by atoms with E-state index in [4.69, 9.17) is 0 Å². The predicted octanol–water partition coefficient (Wildman–Crippen LogP) is 5.96. The summed E-state index contributed by atoms with van der Waals surface area (Å²) in [5.74, 6) is 0.898. The van der Waals surface area contributed by atoms with E-state index >= 15 is 0 Å². The van der Waals surface area contributed by atoms with E-state index in [0.717, 1.165) is 5.92 Å². The zero-order chi connectivity index (χ0) is 12.5. The number of hydrogen-bond acceptors (Lipinski definition) is 0. The van der Waals surface area contributed by atoms with Crippen LogP contribution in [0, 0.1) is 5.92 Å². The van der Waals surface area contributed by atoms with E-state index < -0.39 is 0 Å². The van der Waals surface area contributed by atoms with Gasteiger partial charge in [0.15, 0.2) is 0 Å². The van der Waals surface area contributed by atoms with Crippen LogP contribution in [0.15, 0.2) is 36.0 Å². The molecule has 2 aliphatic carbocycles. The fourth-order valence-electron chi connectivity index (χ4n) is 3.26. The van der Waals surface area contributed by atoms with Crippen molar-refractivity contribution in [2.45, 2.75) is 70.6 Å². The van der Waals surface area contributed by atoms with E-state index in [0.29, 0.717) is 0 Å². The summed E-state index contributed by atoms with van der Waals surface area (Å²) >= 11 is 0. The van der Waals surface area contributed by atoms with Gasteiger partial charge in [0.05, 0.1) is 0 Å². The van der Waals surface area contributed by atoms with Gasteiger partial charge >= 0.3 is 0 Å². The van der Waals surface area contributed by atoms with Gasteiger partial charge in [-0.3, -0.25) is 0 Å². The van der Waals surface area contributed by atoms with Gasteiger partial charge in [0.2, 0.25) is 0 Å². The Hall–Kier alpha value is -0.780. The molecule has 2 aliphatic rings. The van der Waals surface area contributed by atoms with E-state index in [1.807, 2.05) is 0 Å². The summed E-state index contributed by atoms with van der Waals surface area (Å²) in [6.45, 7) is 0. The first kappa shape index (κ1) is 13.6. The molecule has 0 amide bonds. The highest BCUT2D eigenvalue weighted by molar-refractivity contribution is 5.19. The topological polar surface area (TPSA) is 0 Å². The smallest absolute Gasteiger partial charge is 0.0200 e. The molecule has 0 spiro atoms. The second kappa shape index (κ2) is 8.34. The molecule has 0 aromatic heterocycles. The Kier molecular flexibility index (Phi) is 6.33. The second-order valence-electron chi connectivity index (χ2n) is 5.84. The van der Waals surface area contributed by atoms with Gasteiger partial charge in [-0.05, 0) is 44.4 Å². The molecule has 0 atom stereocenters. The zero-order valence-corrected chi connectivity index (χ0v) is 11.7. The molecule has 0 aliphatic heterocycles. The van der Waals surface area contributed by atoms with E-state index in [2.05, 4.69) is 30.4 Å². The maximum absolute atomic E-state index is 2.42. The minimum Gasteiger partial charge on any atom is -0.0845 e. The first-order chi connectivity index (χ1) is 8.97. The third kappa shape index (κ3) is 4.84. The molecule has 0 N–H and O–H groups in total. The Balaban J connectivity index is 1.98. The zero-order valence-electron chi connectivity index (χ0n) is 11.7. The SMILES string of the molecule is C1=C\C=C\CCCCCC/C(C2CCCCC2)=C/1. The van der Waals surface area contributed by atoms with Crippen molar-refractivity contribution in [3.63, 3.8) is 0 Å². The Morgan fingerprint density at radius 3 is 2.39 bits per heavy atom. The summed E-state index contributed by atoms with van der Waals surface area (Å²) in [5, 5.41) is 0. The van der Waals surface area contributed by atoms with E-state index in [1.165, 1.54) is 70.6 Å². The lowest BCUT2D eigenvalue weighted by molar-refractivity contribution is 0.392. The molecule has 1 saturated carbocycles. The minimum absolute atomic E-state index is 0.898. The molecular formula is C18H28. The Bertz CT molecular complexity index is 300. The molecule has 18 heavy (non-hydrogen) atoms. The van der Waals surface area contributed by atoms with Crippen molar-refractivity contribution in [1.82, 2.24) is 0 Å². The van der Waals surface area contributed by atoms with Crippen LogP contribution in [0.2, 0.25) is 0 Å². The molecule has 0 aromatic carbocycles. The summed E-state index contributed by atoms with van der Waals surface area (Å²) in [6, 6.07) is 0. The quantitative estimate of drug-likeness (QED) is 0.534. The van der Waals surface area contributed by atoms with Crippen molar-refractivity contribution in [3.05, 3.63) is 36.0 Å². The van der Waals surface area contributed by atoms with Gasteiger partial charge in [0, 0.05) is 0 Å². The molecule has 0 saturated heterocycles. The van der Waals surface area contributed by atoms with Gasteiger partial charge in [0.25, 0.3) is 0 Å². The van der Waals surface area contributed by atoms with Crippen molar-refractivity contribution in [1.29, 1.82) is 0 Å². The van der Waals surface area contributed by atoms with Gasteiger partial charge < -0.3 is 0 Å². The standard InChI is InChI=1S/C18H28/c1-2-4-6-9-13-17(14-10-7-5-3-1)18-15-11-8-12-16-18/h2,4,6,9,13,18H,1,3,5,7-8,10-12,14-16H2/b4-2+,9-6-,17-13-. The lowest BCUT2D eigenvalue weighted by Gasteiger charge is -2.24. The Morgan fingerprint density at radius 2 is 1.50 bits per heavy atom. The minimum atomic E-state index is 0.898. The highest BCUT2D eigenvalue weighted by atomic mass is 14.2. The van der Waals surface area contributed by atoms with Crippen LogP contribution in [-0.2, 0) is 0 Å². The van der Waals surface area contributed by atoms with Crippen molar-refractivity contribution in [2.75, 3.05) is 0 Å². The Labute approximate surface area is 113 Å². The average molecular weight is 244 g/mol. The van der Waals surface area contributed by atoms with Crippen molar-refractivity contribution < 1.29 is 0 Å². The monoisotopic (exact) mass is 244 g/mol. The van der Waals surface area contributed by atoms with Crippen molar-refractivity contribution in [3.8, 4) is 0 Å². The maximum atomic E-state index is 2.42. The summed E-state index contributed by atoms with van der Waals surface area (Å²) in [7, 11) is 0. The van der Waals surface area contributed by atoms with Gasteiger partial charge in [-0.2, -0.15) is 0 Å². The molecule has 1 fully saturated rings. The maximum Gasteiger partial charge on any atom is -0.0200 e. The largest absolute Gasteiger partial charge is 0.0845 e. The van der Waals surface area contributed by atoms with E-state index in [-0.39, 0.29) is 0 Å². The van der Waals surface area contributed by atoms with Gasteiger partial charge in [-0.15, -0.1) is 0 Å². The molecule has 0 unspecified atom stereocenters. The molecule has 0 radical (unpaired) electrons. The van der Waals surface area contributed by atoms with Crippen LogP contribution in [-0.4, -0.2) is 0 Å². The molecule has 0 heterocycles. The van der Waals surface area contributed by atoms with Crippen molar-refractivity contribution in [2.24, 2.45) is 5.92 Å². The van der Waals surface area contributed by atoms with Crippen LogP contribution < -0.4 is 0 Å². The molecule has 0 heteroatoms. The molecule has 0 nitrogen and oxygen atoms in total. The number of rotatable bonds is 1. The summed E-state index contributed by atoms with van der Waals surface area (Å²) in [5.41, 5.74) is 1.74. The van der Waals surface area contributed by atoms with Gasteiger partial charge in [0.1, 0.15) is 0 Å². The molecule has 0 aromatic rings. The lowest BCUT2D eigenvalue weighted by Crippen LogP contribution is -2.09. The van der Waals surface area contributed by atoms with E-state index in [9.17, 15) is 0 Å². The van der Waals surface area contributed by atoms with Crippen LogP contribution in [0.25, 0.3) is 0 Å². The first-order valence-electron chi connectivity index (χ1n) is 7.99.